The van der Waals surface area contributed by atoms with Crippen molar-refractivity contribution in [3.63, 3.8) is 0 Å². The first-order valence-electron chi connectivity index (χ1n) is 5.57. The van der Waals surface area contributed by atoms with E-state index in [0.29, 0.717) is 5.41 Å². The van der Waals surface area contributed by atoms with E-state index in [1.165, 1.54) is 25.7 Å². The van der Waals surface area contributed by atoms with Crippen LogP contribution >= 0.6 is 0 Å². The topological polar surface area (TPSA) is 40.5 Å². The average Bonchev–Trinajstić information content (AvgIpc) is 2.47. The fourth-order valence-electron chi connectivity index (χ4n) is 2.95. The minimum atomic E-state index is -0.676. The van der Waals surface area contributed by atoms with Gasteiger partial charge in [-0.3, -0.25) is 9.69 Å². The highest BCUT2D eigenvalue weighted by Crippen LogP contribution is 2.46. The third kappa shape index (κ3) is 1.78. The van der Waals surface area contributed by atoms with Crippen molar-refractivity contribution in [2.24, 2.45) is 5.41 Å². The van der Waals surface area contributed by atoms with Gasteiger partial charge in [-0.05, 0) is 25.2 Å². The van der Waals surface area contributed by atoms with Gasteiger partial charge < -0.3 is 5.11 Å². The predicted molar refractivity (Wildman–Crippen MR) is 54.2 cm³/mol. The molecule has 0 radical (unpaired) electrons. The lowest BCUT2D eigenvalue weighted by atomic mass is 9.77. The van der Waals surface area contributed by atoms with Crippen LogP contribution in [-0.4, -0.2) is 35.1 Å². The average molecular weight is 197 g/mol. The van der Waals surface area contributed by atoms with E-state index in [1.54, 1.807) is 0 Å². The van der Waals surface area contributed by atoms with E-state index in [1.807, 2.05) is 6.92 Å². The zero-order chi connectivity index (χ0) is 10.2. The molecule has 3 nitrogen and oxygen atoms in total. The monoisotopic (exact) mass is 197 g/mol. The van der Waals surface area contributed by atoms with Crippen LogP contribution in [0.15, 0.2) is 0 Å². The summed E-state index contributed by atoms with van der Waals surface area (Å²) in [4.78, 5) is 12.9. The van der Waals surface area contributed by atoms with Crippen molar-refractivity contribution < 1.29 is 9.90 Å². The quantitative estimate of drug-likeness (QED) is 0.749. The summed E-state index contributed by atoms with van der Waals surface area (Å²) in [5.74, 6) is -0.676. The summed E-state index contributed by atoms with van der Waals surface area (Å²) in [6.45, 7) is 4.30. The molecule has 0 bridgehead atoms. The van der Waals surface area contributed by atoms with Crippen LogP contribution in [0.4, 0.5) is 0 Å². The Morgan fingerprint density at radius 2 is 2.00 bits per heavy atom. The minimum Gasteiger partial charge on any atom is -0.481 e. The van der Waals surface area contributed by atoms with Crippen molar-refractivity contribution in [3.8, 4) is 0 Å². The Morgan fingerprint density at radius 3 is 2.50 bits per heavy atom. The van der Waals surface area contributed by atoms with Gasteiger partial charge in [0.25, 0.3) is 0 Å². The Balaban J connectivity index is 1.78. The number of carbonyl (C=O) groups is 1. The highest BCUT2D eigenvalue weighted by molar-refractivity contribution is 5.67. The second kappa shape index (κ2) is 3.54. The molecule has 2 rings (SSSR count). The summed E-state index contributed by atoms with van der Waals surface area (Å²) in [5.41, 5.74) is 0.590. The number of rotatable bonds is 3. The van der Waals surface area contributed by atoms with Gasteiger partial charge in [-0.25, -0.2) is 0 Å². The van der Waals surface area contributed by atoms with Gasteiger partial charge in [-0.1, -0.05) is 12.8 Å². The van der Waals surface area contributed by atoms with E-state index in [-0.39, 0.29) is 12.5 Å². The van der Waals surface area contributed by atoms with Gasteiger partial charge in [0.15, 0.2) is 0 Å². The maximum atomic E-state index is 10.5. The van der Waals surface area contributed by atoms with E-state index in [0.717, 1.165) is 13.1 Å². The number of likely N-dealkylation sites (tertiary alicyclic amines) is 1. The second-order valence-corrected chi connectivity index (χ2v) is 5.06. The first kappa shape index (κ1) is 9.97. The third-order valence-electron chi connectivity index (χ3n) is 3.83. The number of hydrogen-bond donors (Lipinski definition) is 1. The van der Waals surface area contributed by atoms with Gasteiger partial charge >= 0.3 is 5.97 Å². The van der Waals surface area contributed by atoms with Gasteiger partial charge in [0, 0.05) is 19.1 Å². The molecule has 1 aliphatic carbocycles. The van der Waals surface area contributed by atoms with Gasteiger partial charge in [0.1, 0.15) is 0 Å². The molecule has 3 heteroatoms. The second-order valence-electron chi connectivity index (χ2n) is 5.06. The minimum absolute atomic E-state index is 0.221. The molecular formula is C11H19NO2. The molecule has 0 amide bonds. The largest absolute Gasteiger partial charge is 0.481 e. The van der Waals surface area contributed by atoms with Crippen molar-refractivity contribution in [2.45, 2.75) is 45.1 Å². The van der Waals surface area contributed by atoms with E-state index in [2.05, 4.69) is 4.90 Å². The summed E-state index contributed by atoms with van der Waals surface area (Å²) in [6, 6.07) is 0.221. The molecule has 0 aromatic rings. The molecule has 1 heterocycles. The third-order valence-corrected chi connectivity index (χ3v) is 3.83. The van der Waals surface area contributed by atoms with Crippen molar-refractivity contribution in [1.29, 1.82) is 0 Å². The van der Waals surface area contributed by atoms with Gasteiger partial charge in [0.05, 0.1) is 6.42 Å². The van der Waals surface area contributed by atoms with Crippen molar-refractivity contribution in [1.82, 2.24) is 4.90 Å². The molecule has 1 saturated carbocycles. The fraction of sp³-hybridized carbons (Fsp3) is 0.909. The van der Waals surface area contributed by atoms with E-state index >= 15 is 0 Å². The number of carboxylic acids is 1. The molecule has 1 N–H and O–H groups in total. The number of hydrogen-bond acceptors (Lipinski definition) is 2. The van der Waals surface area contributed by atoms with Gasteiger partial charge in [-0.2, -0.15) is 0 Å². The van der Waals surface area contributed by atoms with Crippen LogP contribution in [-0.2, 0) is 4.79 Å². The molecule has 0 aromatic carbocycles. The normalized spacial score (nSPS) is 27.5. The van der Waals surface area contributed by atoms with Crippen molar-refractivity contribution in [2.75, 3.05) is 13.1 Å². The van der Waals surface area contributed by atoms with Crippen molar-refractivity contribution >= 4 is 5.97 Å². The zero-order valence-electron chi connectivity index (χ0n) is 8.83. The Bertz CT molecular complexity index is 225. The molecule has 14 heavy (non-hydrogen) atoms. The van der Waals surface area contributed by atoms with Crippen LogP contribution in [0.3, 0.4) is 0 Å². The Morgan fingerprint density at radius 1 is 1.43 bits per heavy atom. The lowest BCUT2D eigenvalue weighted by molar-refractivity contribution is -0.139. The molecule has 1 spiro atoms. The Hall–Kier alpha value is -0.570. The molecule has 1 saturated heterocycles. The number of aliphatic carboxylic acids is 1. The number of carboxylic acid groups (broad SMARTS) is 1. The molecule has 1 unspecified atom stereocenters. The zero-order valence-corrected chi connectivity index (χ0v) is 8.83. The predicted octanol–water partition coefficient (Wildman–Crippen LogP) is 1.73. The lowest BCUT2D eigenvalue weighted by Crippen LogP contribution is -2.58. The van der Waals surface area contributed by atoms with Crippen molar-refractivity contribution in [3.05, 3.63) is 0 Å². The van der Waals surface area contributed by atoms with Crippen LogP contribution < -0.4 is 0 Å². The van der Waals surface area contributed by atoms with Gasteiger partial charge in [0.2, 0.25) is 0 Å². The van der Waals surface area contributed by atoms with E-state index in [4.69, 9.17) is 5.11 Å². The molecule has 2 fully saturated rings. The first-order chi connectivity index (χ1) is 6.61. The van der Waals surface area contributed by atoms with E-state index in [9.17, 15) is 4.79 Å². The first-order valence-corrected chi connectivity index (χ1v) is 5.57. The van der Waals surface area contributed by atoms with E-state index < -0.39 is 5.97 Å². The molecule has 2 aliphatic rings. The van der Waals surface area contributed by atoms with Crippen LogP contribution in [0.2, 0.25) is 0 Å². The number of nitrogens with zero attached hydrogens (tertiary/aromatic N) is 1. The van der Waals surface area contributed by atoms with Crippen LogP contribution in [0.5, 0.6) is 0 Å². The summed E-state index contributed by atoms with van der Waals surface area (Å²) in [7, 11) is 0. The molecule has 1 aliphatic heterocycles. The fourth-order valence-corrected chi connectivity index (χ4v) is 2.95. The maximum absolute atomic E-state index is 10.5. The standard InChI is InChI=1S/C11H19NO2/c1-9(6-10(13)14)12-7-11(8-12)4-2-3-5-11/h9H,2-8H2,1H3,(H,13,14). The van der Waals surface area contributed by atoms with Crippen LogP contribution in [0, 0.1) is 5.41 Å². The smallest absolute Gasteiger partial charge is 0.304 e. The molecule has 0 aromatic heterocycles. The molecule has 80 valence electrons. The molecule has 1 atom stereocenters. The molecular weight excluding hydrogens is 178 g/mol. The summed E-state index contributed by atoms with van der Waals surface area (Å²) in [6.07, 6.45) is 5.77. The van der Waals surface area contributed by atoms with Gasteiger partial charge in [-0.15, -0.1) is 0 Å². The summed E-state index contributed by atoms with van der Waals surface area (Å²) >= 11 is 0. The Labute approximate surface area is 85.1 Å². The Kier molecular flexibility index (Phi) is 2.52. The highest BCUT2D eigenvalue weighted by atomic mass is 16.4. The SMILES string of the molecule is CC(CC(=O)O)N1CC2(CCCC2)C1. The van der Waals surface area contributed by atoms with Crippen LogP contribution in [0.1, 0.15) is 39.0 Å². The lowest BCUT2D eigenvalue weighted by Gasteiger charge is -2.51. The summed E-state index contributed by atoms with van der Waals surface area (Å²) in [5, 5.41) is 8.68. The summed E-state index contributed by atoms with van der Waals surface area (Å²) < 4.78 is 0. The highest BCUT2D eigenvalue weighted by Gasteiger charge is 2.45. The van der Waals surface area contributed by atoms with Crippen LogP contribution in [0.25, 0.3) is 0 Å². The maximum Gasteiger partial charge on any atom is 0.304 e.